The molecule has 0 unspecified atom stereocenters. The summed E-state index contributed by atoms with van der Waals surface area (Å²) in [6.45, 7) is 1.96. The Kier molecular flexibility index (Phi) is 3.99. The first-order chi connectivity index (χ1) is 11.7. The van der Waals surface area contributed by atoms with Crippen LogP contribution in [0.5, 0.6) is 0 Å². The summed E-state index contributed by atoms with van der Waals surface area (Å²) in [6.07, 6.45) is 3.11. The van der Waals surface area contributed by atoms with E-state index in [4.69, 9.17) is 0 Å². The first kappa shape index (κ1) is 17.0. The van der Waals surface area contributed by atoms with Crippen molar-refractivity contribution in [2.45, 2.75) is 13.3 Å². The Morgan fingerprint density at radius 3 is 2.48 bits per heavy atom. The van der Waals surface area contributed by atoms with Gasteiger partial charge in [-0.25, -0.2) is 22.6 Å². The maximum absolute atomic E-state index is 12.9. The maximum atomic E-state index is 12.9. The first-order valence-electron chi connectivity index (χ1n) is 7.50. The molecule has 10 heteroatoms. The van der Waals surface area contributed by atoms with Crippen molar-refractivity contribution >= 4 is 20.9 Å². The van der Waals surface area contributed by atoms with Gasteiger partial charge in [-0.05, 0) is 24.1 Å². The van der Waals surface area contributed by atoms with Crippen LogP contribution >= 0.6 is 0 Å². The Balaban J connectivity index is 2.52. The summed E-state index contributed by atoms with van der Waals surface area (Å²) in [4.78, 5) is 27.5. The van der Waals surface area contributed by atoms with Gasteiger partial charge in [-0.15, -0.1) is 0 Å². The number of benzene rings is 1. The predicted molar refractivity (Wildman–Crippen MR) is 94.2 cm³/mol. The van der Waals surface area contributed by atoms with Crippen LogP contribution in [0.3, 0.4) is 0 Å². The van der Waals surface area contributed by atoms with E-state index in [-0.39, 0.29) is 5.39 Å². The second-order valence-electron chi connectivity index (χ2n) is 5.64. The summed E-state index contributed by atoms with van der Waals surface area (Å²) < 4.78 is 26.4. The second-order valence-corrected chi connectivity index (χ2v) is 7.37. The van der Waals surface area contributed by atoms with E-state index in [0.717, 1.165) is 18.2 Å². The van der Waals surface area contributed by atoms with Gasteiger partial charge >= 0.3 is 5.69 Å². The normalized spacial score (nSPS) is 11.8. The van der Waals surface area contributed by atoms with Crippen molar-refractivity contribution in [2.24, 2.45) is 7.05 Å². The average molecular weight is 363 g/mol. The Morgan fingerprint density at radius 1 is 1.20 bits per heavy atom. The fraction of sp³-hybridized carbons (Fsp3) is 0.267. The van der Waals surface area contributed by atoms with Crippen molar-refractivity contribution in [3.05, 3.63) is 56.9 Å². The van der Waals surface area contributed by atoms with Crippen molar-refractivity contribution in [3.63, 3.8) is 0 Å². The summed E-state index contributed by atoms with van der Waals surface area (Å²) >= 11 is 0. The second kappa shape index (κ2) is 5.88. The molecule has 0 aliphatic rings. The standard InChI is InChI=1S/C15H17N5O4S/c1-4-10-5-6-11-12(9-10)19(13-7-8-16-18(13)2)15(22)20(14(11)21)17-25(3,23)24/h5-9,17H,4H2,1-3H3. The molecule has 1 N–H and O–H groups in total. The zero-order chi connectivity index (χ0) is 18.4. The monoisotopic (exact) mass is 363 g/mol. The van der Waals surface area contributed by atoms with E-state index < -0.39 is 21.3 Å². The van der Waals surface area contributed by atoms with Crippen molar-refractivity contribution in [1.82, 2.24) is 19.0 Å². The van der Waals surface area contributed by atoms with Crippen LogP contribution < -0.4 is 16.1 Å². The van der Waals surface area contributed by atoms with Gasteiger partial charge in [-0.2, -0.15) is 9.77 Å². The van der Waals surface area contributed by atoms with Crippen LogP contribution in [0.1, 0.15) is 12.5 Å². The molecule has 3 aromatic rings. The van der Waals surface area contributed by atoms with Crippen molar-refractivity contribution in [1.29, 1.82) is 0 Å². The Morgan fingerprint density at radius 2 is 1.92 bits per heavy atom. The smallest absolute Gasteiger partial charge is 0.267 e. The van der Waals surface area contributed by atoms with Gasteiger partial charge in [0.05, 0.1) is 23.4 Å². The van der Waals surface area contributed by atoms with Crippen molar-refractivity contribution in [3.8, 4) is 5.82 Å². The third-order valence-corrected chi connectivity index (χ3v) is 4.32. The maximum Gasteiger partial charge on any atom is 0.357 e. The minimum absolute atomic E-state index is 0.217. The molecular weight excluding hydrogens is 346 g/mol. The van der Waals surface area contributed by atoms with E-state index in [1.165, 1.54) is 15.4 Å². The van der Waals surface area contributed by atoms with E-state index in [2.05, 4.69) is 5.10 Å². The highest BCUT2D eigenvalue weighted by Crippen LogP contribution is 2.16. The van der Waals surface area contributed by atoms with Crippen molar-refractivity contribution < 1.29 is 8.42 Å². The van der Waals surface area contributed by atoms with E-state index in [9.17, 15) is 18.0 Å². The van der Waals surface area contributed by atoms with Crippen LogP contribution in [0, 0.1) is 0 Å². The third kappa shape index (κ3) is 2.95. The number of hydrogen-bond donors (Lipinski definition) is 1. The molecule has 0 saturated heterocycles. The molecule has 0 aliphatic heterocycles. The molecule has 25 heavy (non-hydrogen) atoms. The minimum atomic E-state index is -3.82. The number of aryl methyl sites for hydroxylation is 2. The molecule has 0 bridgehead atoms. The van der Waals surface area contributed by atoms with Crippen LogP contribution in [0.25, 0.3) is 16.7 Å². The number of rotatable bonds is 4. The number of hydrogen-bond acceptors (Lipinski definition) is 5. The lowest BCUT2D eigenvalue weighted by Gasteiger charge is -2.15. The molecule has 0 atom stereocenters. The molecule has 0 aliphatic carbocycles. The molecule has 0 spiro atoms. The molecule has 2 aromatic heterocycles. The lowest BCUT2D eigenvalue weighted by molar-refractivity contribution is 0.597. The summed E-state index contributed by atoms with van der Waals surface area (Å²) in [6, 6.07) is 6.71. The molecule has 0 amide bonds. The molecule has 132 valence electrons. The van der Waals surface area contributed by atoms with Gasteiger partial charge < -0.3 is 0 Å². The van der Waals surface area contributed by atoms with Crippen LogP contribution in [-0.4, -0.2) is 33.7 Å². The molecule has 0 saturated carbocycles. The number of fused-ring (bicyclic) bond motifs is 1. The van der Waals surface area contributed by atoms with Gasteiger partial charge in [0.25, 0.3) is 5.56 Å². The van der Waals surface area contributed by atoms with Gasteiger partial charge in [0.2, 0.25) is 10.0 Å². The highest BCUT2D eigenvalue weighted by molar-refractivity contribution is 7.91. The Hall–Kier alpha value is -2.88. The summed E-state index contributed by atoms with van der Waals surface area (Å²) in [5, 5.41) is 4.26. The molecular formula is C15H17N5O4S. The SMILES string of the molecule is CCc1ccc2c(=O)n(NS(C)(=O)=O)c(=O)n(-c3ccnn3C)c2c1. The zero-order valence-electron chi connectivity index (χ0n) is 13.9. The molecule has 1 aromatic carbocycles. The number of nitrogens with zero attached hydrogens (tertiary/aromatic N) is 4. The average Bonchev–Trinajstić information content (AvgIpc) is 2.96. The summed E-state index contributed by atoms with van der Waals surface area (Å²) in [7, 11) is -2.17. The molecule has 9 nitrogen and oxygen atoms in total. The van der Waals surface area contributed by atoms with Gasteiger partial charge in [-0.1, -0.05) is 13.0 Å². The summed E-state index contributed by atoms with van der Waals surface area (Å²) in [5.41, 5.74) is -0.216. The van der Waals surface area contributed by atoms with Crippen LogP contribution in [0.4, 0.5) is 0 Å². The number of nitrogens with one attached hydrogen (secondary N) is 1. The van der Waals surface area contributed by atoms with Crippen LogP contribution in [0.15, 0.2) is 40.1 Å². The number of aromatic nitrogens is 4. The van der Waals surface area contributed by atoms with E-state index in [1.807, 2.05) is 11.8 Å². The fourth-order valence-corrected chi connectivity index (χ4v) is 3.12. The van der Waals surface area contributed by atoms with Gasteiger partial charge in [0.1, 0.15) is 5.82 Å². The van der Waals surface area contributed by atoms with Gasteiger partial charge in [0.15, 0.2) is 0 Å². The summed E-state index contributed by atoms with van der Waals surface area (Å²) in [5.74, 6) is 0.410. The van der Waals surface area contributed by atoms with Crippen LogP contribution in [-0.2, 0) is 23.5 Å². The molecule has 2 heterocycles. The van der Waals surface area contributed by atoms with Gasteiger partial charge in [-0.3, -0.25) is 9.48 Å². The first-order valence-corrected chi connectivity index (χ1v) is 9.39. The minimum Gasteiger partial charge on any atom is -0.267 e. The fourth-order valence-electron chi connectivity index (χ4n) is 2.63. The van der Waals surface area contributed by atoms with Crippen LogP contribution in [0.2, 0.25) is 0 Å². The zero-order valence-corrected chi connectivity index (χ0v) is 14.7. The predicted octanol–water partition coefficient (Wildman–Crippen LogP) is -0.0486. The Labute approximate surface area is 143 Å². The highest BCUT2D eigenvalue weighted by Gasteiger charge is 2.18. The molecule has 0 radical (unpaired) electrons. The van der Waals surface area contributed by atoms with E-state index in [1.54, 1.807) is 31.3 Å². The van der Waals surface area contributed by atoms with Crippen molar-refractivity contribution in [2.75, 3.05) is 11.1 Å². The molecule has 0 fully saturated rings. The molecule has 3 rings (SSSR count). The largest absolute Gasteiger partial charge is 0.357 e. The quantitative estimate of drug-likeness (QED) is 0.699. The topological polar surface area (TPSA) is 108 Å². The van der Waals surface area contributed by atoms with Gasteiger partial charge in [0, 0.05) is 13.1 Å². The highest BCUT2D eigenvalue weighted by atomic mass is 32.2. The third-order valence-electron chi connectivity index (χ3n) is 3.81. The number of sulfonamides is 1. The van der Waals surface area contributed by atoms with E-state index >= 15 is 0 Å². The Bertz CT molecular complexity index is 1190. The lowest BCUT2D eigenvalue weighted by Crippen LogP contribution is -2.46. The lowest BCUT2D eigenvalue weighted by atomic mass is 10.1. The van der Waals surface area contributed by atoms with E-state index in [0.29, 0.717) is 16.0 Å².